The SMILES string of the molecule is C#Cc1cncc([C@H](N)CO)c1. The molecule has 0 saturated carbocycles. The van der Waals surface area contributed by atoms with Crippen molar-refractivity contribution in [2.45, 2.75) is 6.04 Å². The summed E-state index contributed by atoms with van der Waals surface area (Å²) in [6.45, 7) is -0.101. The number of aliphatic hydroxyl groups is 1. The van der Waals surface area contributed by atoms with E-state index in [1.54, 1.807) is 18.5 Å². The Kier molecular flexibility index (Phi) is 2.81. The summed E-state index contributed by atoms with van der Waals surface area (Å²) < 4.78 is 0. The molecule has 0 fully saturated rings. The summed E-state index contributed by atoms with van der Waals surface area (Å²) in [5.41, 5.74) is 6.99. The van der Waals surface area contributed by atoms with Crippen molar-refractivity contribution in [3.8, 4) is 12.3 Å². The first kappa shape index (κ1) is 8.72. The highest BCUT2D eigenvalue weighted by molar-refractivity contribution is 5.33. The van der Waals surface area contributed by atoms with Gasteiger partial charge in [-0.25, -0.2) is 0 Å². The summed E-state index contributed by atoms with van der Waals surface area (Å²) in [6, 6.07) is 1.35. The van der Waals surface area contributed by atoms with E-state index in [1.807, 2.05) is 0 Å². The third kappa shape index (κ3) is 1.82. The fourth-order valence-electron chi connectivity index (χ4n) is 0.845. The van der Waals surface area contributed by atoms with Crippen LogP contribution < -0.4 is 5.73 Å². The van der Waals surface area contributed by atoms with Crippen molar-refractivity contribution in [2.24, 2.45) is 5.73 Å². The van der Waals surface area contributed by atoms with Gasteiger partial charge in [0.05, 0.1) is 12.6 Å². The molecule has 62 valence electrons. The fraction of sp³-hybridized carbons (Fsp3) is 0.222. The Bertz CT molecular complexity index is 304. The zero-order valence-corrected chi connectivity index (χ0v) is 6.57. The van der Waals surface area contributed by atoms with Gasteiger partial charge < -0.3 is 10.8 Å². The van der Waals surface area contributed by atoms with Crippen molar-refractivity contribution in [3.63, 3.8) is 0 Å². The largest absolute Gasteiger partial charge is 0.394 e. The standard InChI is InChI=1S/C9H10N2O/c1-2-7-3-8(5-11-4-7)9(10)6-12/h1,3-5,9,12H,6,10H2/t9-/m1/s1. The van der Waals surface area contributed by atoms with Gasteiger partial charge in [0.1, 0.15) is 0 Å². The van der Waals surface area contributed by atoms with E-state index in [9.17, 15) is 0 Å². The lowest BCUT2D eigenvalue weighted by Crippen LogP contribution is -2.14. The van der Waals surface area contributed by atoms with Crippen LogP contribution in [0.1, 0.15) is 17.2 Å². The molecule has 0 spiro atoms. The van der Waals surface area contributed by atoms with E-state index in [4.69, 9.17) is 17.3 Å². The molecular weight excluding hydrogens is 152 g/mol. The zero-order valence-electron chi connectivity index (χ0n) is 6.57. The Hall–Kier alpha value is -1.37. The maximum Gasteiger partial charge on any atom is 0.0624 e. The van der Waals surface area contributed by atoms with E-state index >= 15 is 0 Å². The van der Waals surface area contributed by atoms with Gasteiger partial charge in [-0.3, -0.25) is 4.98 Å². The van der Waals surface area contributed by atoms with E-state index in [1.165, 1.54) is 0 Å². The zero-order chi connectivity index (χ0) is 8.97. The van der Waals surface area contributed by atoms with Crippen LogP contribution in [0.3, 0.4) is 0 Å². The summed E-state index contributed by atoms with van der Waals surface area (Å²) in [5, 5.41) is 8.75. The highest BCUT2D eigenvalue weighted by atomic mass is 16.3. The molecule has 0 aliphatic rings. The Morgan fingerprint density at radius 2 is 2.42 bits per heavy atom. The van der Waals surface area contributed by atoms with Crippen molar-refractivity contribution in [3.05, 3.63) is 29.6 Å². The predicted octanol–water partition coefficient (Wildman–Crippen LogP) is 0.0550. The number of pyridine rings is 1. The second-order valence-corrected chi connectivity index (χ2v) is 2.44. The lowest BCUT2D eigenvalue weighted by Gasteiger charge is -2.07. The average Bonchev–Trinajstić information content (AvgIpc) is 2.17. The summed E-state index contributed by atoms with van der Waals surface area (Å²) >= 11 is 0. The number of hydrogen-bond acceptors (Lipinski definition) is 3. The number of hydrogen-bond donors (Lipinski definition) is 2. The summed E-state index contributed by atoms with van der Waals surface area (Å²) in [5.74, 6) is 2.45. The molecule has 1 aromatic rings. The molecule has 0 bridgehead atoms. The molecule has 0 radical (unpaired) electrons. The van der Waals surface area contributed by atoms with Gasteiger partial charge in [-0.2, -0.15) is 0 Å². The minimum atomic E-state index is -0.397. The van der Waals surface area contributed by atoms with Gasteiger partial charge >= 0.3 is 0 Å². The van der Waals surface area contributed by atoms with Crippen molar-refractivity contribution in [1.82, 2.24) is 4.98 Å². The van der Waals surface area contributed by atoms with Crippen LogP contribution in [-0.4, -0.2) is 16.7 Å². The first-order valence-electron chi connectivity index (χ1n) is 3.56. The van der Waals surface area contributed by atoms with Gasteiger partial charge in [-0.05, 0) is 11.6 Å². The molecule has 1 heterocycles. The fourth-order valence-corrected chi connectivity index (χ4v) is 0.845. The maximum atomic E-state index is 8.75. The van der Waals surface area contributed by atoms with Crippen LogP contribution >= 0.6 is 0 Å². The molecular formula is C9H10N2O. The Labute approximate surface area is 71.2 Å². The van der Waals surface area contributed by atoms with E-state index in [0.29, 0.717) is 5.56 Å². The van der Waals surface area contributed by atoms with Crippen LogP contribution in [0.4, 0.5) is 0 Å². The van der Waals surface area contributed by atoms with E-state index < -0.39 is 6.04 Å². The molecule has 0 unspecified atom stereocenters. The number of aliphatic hydroxyl groups excluding tert-OH is 1. The molecule has 1 atom stereocenters. The number of nitrogens with zero attached hydrogens (tertiary/aromatic N) is 1. The smallest absolute Gasteiger partial charge is 0.0624 e. The van der Waals surface area contributed by atoms with Gasteiger partial charge in [-0.1, -0.05) is 5.92 Å². The molecule has 12 heavy (non-hydrogen) atoms. The predicted molar refractivity (Wildman–Crippen MR) is 46.2 cm³/mol. The summed E-state index contributed by atoms with van der Waals surface area (Å²) in [4.78, 5) is 3.89. The summed E-state index contributed by atoms with van der Waals surface area (Å²) in [6.07, 6.45) is 8.34. The van der Waals surface area contributed by atoms with E-state index in [0.717, 1.165) is 5.56 Å². The van der Waals surface area contributed by atoms with Gasteiger partial charge in [0.25, 0.3) is 0 Å². The van der Waals surface area contributed by atoms with Gasteiger partial charge in [0.2, 0.25) is 0 Å². The molecule has 0 aromatic carbocycles. The van der Waals surface area contributed by atoms with Crippen LogP contribution in [0.15, 0.2) is 18.5 Å². The third-order valence-corrected chi connectivity index (χ3v) is 1.55. The van der Waals surface area contributed by atoms with Crippen LogP contribution in [0.2, 0.25) is 0 Å². The molecule has 0 aliphatic heterocycles. The Balaban J connectivity index is 2.95. The van der Waals surface area contributed by atoms with Crippen LogP contribution in [-0.2, 0) is 0 Å². The normalized spacial score (nSPS) is 12.1. The molecule has 0 aliphatic carbocycles. The average molecular weight is 162 g/mol. The molecule has 1 rings (SSSR count). The molecule has 0 amide bonds. The van der Waals surface area contributed by atoms with Crippen LogP contribution in [0.5, 0.6) is 0 Å². The first-order valence-corrected chi connectivity index (χ1v) is 3.56. The van der Waals surface area contributed by atoms with Crippen LogP contribution in [0, 0.1) is 12.3 Å². The molecule has 3 nitrogen and oxygen atoms in total. The van der Waals surface area contributed by atoms with Crippen molar-refractivity contribution < 1.29 is 5.11 Å². The maximum absolute atomic E-state index is 8.75. The number of nitrogens with two attached hydrogens (primary N) is 1. The Morgan fingerprint density at radius 3 is 3.00 bits per heavy atom. The molecule has 3 heteroatoms. The van der Waals surface area contributed by atoms with E-state index in [-0.39, 0.29) is 6.61 Å². The Morgan fingerprint density at radius 1 is 1.67 bits per heavy atom. The van der Waals surface area contributed by atoms with Crippen LogP contribution in [0.25, 0.3) is 0 Å². The number of terminal acetylenes is 1. The lowest BCUT2D eigenvalue weighted by atomic mass is 10.1. The highest BCUT2D eigenvalue weighted by Gasteiger charge is 2.03. The number of aromatic nitrogens is 1. The third-order valence-electron chi connectivity index (χ3n) is 1.55. The molecule has 0 saturated heterocycles. The lowest BCUT2D eigenvalue weighted by molar-refractivity contribution is 0.268. The van der Waals surface area contributed by atoms with Crippen molar-refractivity contribution in [1.29, 1.82) is 0 Å². The van der Waals surface area contributed by atoms with Crippen molar-refractivity contribution in [2.75, 3.05) is 6.61 Å². The van der Waals surface area contributed by atoms with Crippen molar-refractivity contribution >= 4 is 0 Å². The molecule has 1 aromatic heterocycles. The minimum absolute atomic E-state index is 0.101. The second kappa shape index (κ2) is 3.86. The second-order valence-electron chi connectivity index (χ2n) is 2.44. The van der Waals surface area contributed by atoms with Gasteiger partial charge in [-0.15, -0.1) is 6.42 Å². The van der Waals surface area contributed by atoms with Gasteiger partial charge in [0.15, 0.2) is 0 Å². The molecule has 3 N–H and O–H groups in total. The summed E-state index contributed by atoms with van der Waals surface area (Å²) in [7, 11) is 0. The highest BCUT2D eigenvalue weighted by Crippen LogP contribution is 2.08. The first-order chi connectivity index (χ1) is 5.77. The monoisotopic (exact) mass is 162 g/mol. The quantitative estimate of drug-likeness (QED) is 0.604. The topological polar surface area (TPSA) is 59.1 Å². The number of rotatable bonds is 2. The van der Waals surface area contributed by atoms with Gasteiger partial charge in [0, 0.05) is 18.0 Å². The van der Waals surface area contributed by atoms with E-state index in [2.05, 4.69) is 10.9 Å². The minimum Gasteiger partial charge on any atom is -0.394 e.